The minimum atomic E-state index is -0.833. The van der Waals surface area contributed by atoms with Crippen molar-refractivity contribution >= 4 is 12.3 Å². The Hall–Kier alpha value is -0.900. The van der Waals surface area contributed by atoms with Crippen molar-refractivity contribution in [1.82, 2.24) is 5.32 Å². The summed E-state index contributed by atoms with van der Waals surface area (Å²) in [6.07, 6.45) is 7.16. The Morgan fingerprint density at radius 2 is 1.88 bits per heavy atom. The number of aldehydes is 1. The Morgan fingerprint density at radius 3 is 2.29 bits per heavy atom. The molecule has 1 unspecified atom stereocenters. The second-order valence-corrected chi connectivity index (χ2v) is 4.09. The van der Waals surface area contributed by atoms with E-state index in [1.54, 1.807) is 0 Å². The van der Waals surface area contributed by atoms with Crippen molar-refractivity contribution in [3.63, 3.8) is 0 Å². The molecule has 1 atom stereocenters. The van der Waals surface area contributed by atoms with Crippen LogP contribution in [0.1, 0.15) is 52.9 Å². The molecule has 0 saturated heterocycles. The molecule has 17 heavy (non-hydrogen) atoms. The Morgan fingerprint density at radius 1 is 1.29 bits per heavy atom. The smallest absolute Gasteiger partial charge is 0.300 e. The van der Waals surface area contributed by atoms with E-state index in [2.05, 4.69) is 19.2 Å². The van der Waals surface area contributed by atoms with Gasteiger partial charge in [-0.2, -0.15) is 0 Å². The van der Waals surface area contributed by atoms with Crippen molar-refractivity contribution < 1.29 is 14.7 Å². The molecule has 4 heteroatoms. The zero-order valence-corrected chi connectivity index (χ0v) is 11.4. The van der Waals surface area contributed by atoms with Gasteiger partial charge in [0.2, 0.25) is 0 Å². The van der Waals surface area contributed by atoms with Crippen LogP contribution in [-0.4, -0.2) is 30.5 Å². The molecule has 102 valence electrons. The van der Waals surface area contributed by atoms with Gasteiger partial charge in [-0.15, -0.1) is 0 Å². The predicted molar refractivity (Wildman–Crippen MR) is 70.2 cm³/mol. The third-order valence-corrected chi connectivity index (χ3v) is 2.33. The van der Waals surface area contributed by atoms with Gasteiger partial charge < -0.3 is 15.2 Å². The maximum atomic E-state index is 10.5. The molecule has 0 aliphatic rings. The van der Waals surface area contributed by atoms with Crippen LogP contribution in [0, 0.1) is 5.92 Å². The molecule has 0 saturated carbocycles. The van der Waals surface area contributed by atoms with Crippen LogP contribution in [0.2, 0.25) is 0 Å². The Balaban J connectivity index is 0. The van der Waals surface area contributed by atoms with Crippen molar-refractivity contribution in [2.24, 2.45) is 5.92 Å². The van der Waals surface area contributed by atoms with Crippen LogP contribution < -0.4 is 5.32 Å². The number of hydrogen-bond donors (Lipinski definition) is 2. The van der Waals surface area contributed by atoms with E-state index < -0.39 is 5.97 Å². The van der Waals surface area contributed by atoms with Gasteiger partial charge in [-0.1, -0.05) is 33.1 Å². The number of aliphatic carboxylic acids is 1. The molecule has 0 bridgehead atoms. The first-order valence-electron chi connectivity index (χ1n) is 6.43. The summed E-state index contributed by atoms with van der Waals surface area (Å²) in [5, 5.41) is 10.7. The first-order chi connectivity index (χ1) is 8.08. The highest BCUT2D eigenvalue weighted by molar-refractivity contribution is 5.62. The van der Waals surface area contributed by atoms with Gasteiger partial charge in [-0.3, -0.25) is 4.79 Å². The quantitative estimate of drug-likeness (QED) is 0.484. The lowest BCUT2D eigenvalue weighted by Crippen LogP contribution is -2.24. The van der Waals surface area contributed by atoms with E-state index >= 15 is 0 Å². The molecule has 2 N–H and O–H groups in total. The van der Waals surface area contributed by atoms with Gasteiger partial charge in [0.15, 0.2) is 0 Å². The first-order valence-corrected chi connectivity index (χ1v) is 6.43. The van der Waals surface area contributed by atoms with Crippen molar-refractivity contribution in [3.05, 3.63) is 0 Å². The van der Waals surface area contributed by atoms with Crippen LogP contribution in [0.5, 0.6) is 0 Å². The van der Waals surface area contributed by atoms with E-state index in [1.807, 2.05) is 0 Å². The summed E-state index contributed by atoms with van der Waals surface area (Å²) >= 11 is 0. The molecule has 0 aliphatic carbocycles. The van der Waals surface area contributed by atoms with Gasteiger partial charge in [0.05, 0.1) is 0 Å². The van der Waals surface area contributed by atoms with Gasteiger partial charge in [0.1, 0.15) is 6.29 Å². The number of carboxylic acid groups (broad SMARTS) is 1. The first kappa shape index (κ1) is 18.5. The monoisotopic (exact) mass is 245 g/mol. The Kier molecular flexibility index (Phi) is 16.4. The van der Waals surface area contributed by atoms with Gasteiger partial charge in [-0.05, 0) is 19.4 Å². The zero-order chi connectivity index (χ0) is 13.5. The van der Waals surface area contributed by atoms with Crippen LogP contribution >= 0.6 is 0 Å². The predicted octanol–water partition coefficient (Wildman–Crippen LogP) is 2.47. The fraction of sp³-hybridized carbons (Fsp3) is 0.846. The fourth-order valence-electron chi connectivity index (χ4n) is 1.25. The highest BCUT2D eigenvalue weighted by Gasteiger charge is 2.01. The van der Waals surface area contributed by atoms with E-state index in [-0.39, 0.29) is 5.92 Å². The molecule has 0 fully saturated rings. The van der Waals surface area contributed by atoms with E-state index in [0.717, 1.165) is 32.7 Å². The second kappa shape index (κ2) is 15.1. The summed E-state index contributed by atoms with van der Waals surface area (Å²) < 4.78 is 0. The molecular weight excluding hydrogens is 218 g/mol. The van der Waals surface area contributed by atoms with E-state index in [4.69, 9.17) is 9.90 Å². The lowest BCUT2D eigenvalue weighted by atomic mass is 10.1. The van der Waals surface area contributed by atoms with Gasteiger partial charge in [0.25, 0.3) is 5.97 Å². The highest BCUT2D eigenvalue weighted by atomic mass is 16.4. The standard InChI is InChI=1S/C11H23NO.C2H4O2/c1-3-5-6-7-8-12-9-11(4-2)10-13;1-2(3)4/h10-12H,3-9H2,1-2H3;1H3,(H,3,4). The van der Waals surface area contributed by atoms with Crippen molar-refractivity contribution in [2.45, 2.75) is 52.9 Å². The van der Waals surface area contributed by atoms with Crippen LogP contribution in [-0.2, 0) is 9.59 Å². The van der Waals surface area contributed by atoms with Gasteiger partial charge >= 0.3 is 0 Å². The summed E-state index contributed by atoms with van der Waals surface area (Å²) in [5.74, 6) is -0.619. The van der Waals surface area contributed by atoms with Crippen LogP contribution in [0.3, 0.4) is 0 Å². The Bertz CT molecular complexity index is 180. The molecule has 4 nitrogen and oxygen atoms in total. The molecule has 0 aromatic carbocycles. The molecule has 0 aliphatic heterocycles. The summed E-state index contributed by atoms with van der Waals surface area (Å²) in [6.45, 7) is 7.27. The van der Waals surface area contributed by atoms with Crippen molar-refractivity contribution in [3.8, 4) is 0 Å². The van der Waals surface area contributed by atoms with Crippen LogP contribution in [0.4, 0.5) is 0 Å². The number of carbonyl (C=O) groups is 2. The van der Waals surface area contributed by atoms with Crippen molar-refractivity contribution in [2.75, 3.05) is 13.1 Å². The summed E-state index contributed by atoms with van der Waals surface area (Å²) in [7, 11) is 0. The lowest BCUT2D eigenvalue weighted by Gasteiger charge is -2.08. The zero-order valence-electron chi connectivity index (χ0n) is 11.4. The summed E-state index contributed by atoms with van der Waals surface area (Å²) in [6, 6.07) is 0. The SMILES string of the molecule is CC(=O)O.CCCCCCNCC(C=O)CC. The van der Waals surface area contributed by atoms with Crippen LogP contribution in [0.25, 0.3) is 0 Å². The second-order valence-electron chi connectivity index (χ2n) is 4.09. The summed E-state index contributed by atoms with van der Waals surface area (Å²) in [5.41, 5.74) is 0. The lowest BCUT2D eigenvalue weighted by molar-refractivity contribution is -0.134. The largest absolute Gasteiger partial charge is 0.481 e. The minimum Gasteiger partial charge on any atom is -0.481 e. The third kappa shape index (κ3) is 21.0. The van der Waals surface area contributed by atoms with E-state index in [1.165, 1.54) is 25.7 Å². The van der Waals surface area contributed by atoms with Crippen LogP contribution in [0.15, 0.2) is 0 Å². The molecule has 0 amide bonds. The van der Waals surface area contributed by atoms with Gasteiger partial charge in [-0.25, -0.2) is 0 Å². The molecule has 0 aromatic heterocycles. The summed E-state index contributed by atoms with van der Waals surface area (Å²) in [4.78, 5) is 19.5. The third-order valence-electron chi connectivity index (χ3n) is 2.33. The maximum Gasteiger partial charge on any atom is 0.300 e. The molecule has 0 spiro atoms. The number of unbranched alkanes of at least 4 members (excludes halogenated alkanes) is 3. The van der Waals surface area contributed by atoms with E-state index in [9.17, 15) is 4.79 Å². The fourth-order valence-corrected chi connectivity index (χ4v) is 1.25. The molecule has 0 radical (unpaired) electrons. The topological polar surface area (TPSA) is 66.4 Å². The molecule has 0 aromatic rings. The number of carbonyl (C=O) groups excluding carboxylic acids is 1. The van der Waals surface area contributed by atoms with Gasteiger partial charge in [0, 0.05) is 19.4 Å². The van der Waals surface area contributed by atoms with Crippen molar-refractivity contribution in [1.29, 1.82) is 0 Å². The minimum absolute atomic E-state index is 0.214. The average molecular weight is 245 g/mol. The maximum absolute atomic E-state index is 10.5. The number of rotatable bonds is 9. The molecule has 0 heterocycles. The number of carboxylic acids is 1. The normalized spacial score (nSPS) is 11.2. The number of nitrogens with one attached hydrogen (secondary N) is 1. The highest BCUT2D eigenvalue weighted by Crippen LogP contribution is 1.98. The molecule has 0 rings (SSSR count). The number of hydrogen-bond acceptors (Lipinski definition) is 3. The molecular formula is C13H27NO3. The Labute approximate surface area is 105 Å². The average Bonchev–Trinajstić information content (AvgIpc) is 2.28. The van der Waals surface area contributed by atoms with E-state index in [0.29, 0.717) is 0 Å².